The number of rotatable bonds is 4. The van der Waals surface area contributed by atoms with Crippen molar-refractivity contribution in [2.75, 3.05) is 5.32 Å². The van der Waals surface area contributed by atoms with E-state index in [1.165, 1.54) is 0 Å². The topological polar surface area (TPSA) is 55.1 Å². The molecule has 0 heterocycles. The molecule has 2 rings (SSSR count). The fourth-order valence-corrected chi connectivity index (χ4v) is 2.23. The lowest BCUT2D eigenvalue weighted by Crippen LogP contribution is -2.14. The number of hydrogen-bond acceptors (Lipinski definition) is 2. The van der Waals surface area contributed by atoms with Crippen molar-refractivity contribution in [3.05, 3.63) is 58.1 Å². The van der Waals surface area contributed by atoms with E-state index in [0.717, 1.165) is 11.3 Å². The Labute approximate surface area is 121 Å². The van der Waals surface area contributed by atoms with Crippen molar-refractivity contribution in [1.29, 1.82) is 0 Å². The monoisotopic (exact) mass is 294 g/mol. The van der Waals surface area contributed by atoms with Crippen molar-refractivity contribution in [3.63, 3.8) is 0 Å². The van der Waals surface area contributed by atoms with Crippen LogP contribution in [-0.4, -0.2) is 5.91 Å². The minimum absolute atomic E-state index is 0.158. The Balaban J connectivity index is 2.36. The largest absolute Gasteiger partial charge is 0.369 e. The summed E-state index contributed by atoms with van der Waals surface area (Å²) in [6, 6.07) is 12.6. The number of hydrogen-bond donors (Lipinski definition) is 2. The van der Waals surface area contributed by atoms with E-state index in [2.05, 4.69) is 5.32 Å². The molecule has 0 saturated carbocycles. The first-order valence-corrected chi connectivity index (χ1v) is 6.41. The summed E-state index contributed by atoms with van der Waals surface area (Å²) in [4.78, 5) is 11.0. The van der Waals surface area contributed by atoms with Gasteiger partial charge in [0.1, 0.15) is 0 Å². The van der Waals surface area contributed by atoms with Crippen LogP contribution in [0.15, 0.2) is 42.5 Å². The lowest BCUT2D eigenvalue weighted by atomic mass is 10.1. The zero-order valence-electron chi connectivity index (χ0n) is 9.99. The molecule has 0 radical (unpaired) electrons. The Morgan fingerprint density at radius 1 is 1.05 bits per heavy atom. The third-order valence-corrected chi connectivity index (χ3v) is 3.23. The van der Waals surface area contributed by atoms with Crippen molar-refractivity contribution >= 4 is 40.5 Å². The van der Waals surface area contributed by atoms with Gasteiger partial charge in [0.2, 0.25) is 5.91 Å². The molecule has 0 spiro atoms. The van der Waals surface area contributed by atoms with E-state index in [9.17, 15) is 4.79 Å². The third kappa shape index (κ3) is 3.40. The van der Waals surface area contributed by atoms with E-state index >= 15 is 0 Å². The second kappa shape index (κ2) is 5.95. The molecule has 0 aliphatic carbocycles. The maximum absolute atomic E-state index is 11.0. The first-order valence-electron chi connectivity index (χ1n) is 5.65. The first kappa shape index (κ1) is 13.7. The summed E-state index contributed by atoms with van der Waals surface area (Å²) >= 11 is 12.2. The van der Waals surface area contributed by atoms with Crippen molar-refractivity contribution in [2.24, 2.45) is 5.73 Å². The van der Waals surface area contributed by atoms with Gasteiger partial charge in [-0.15, -0.1) is 0 Å². The maximum Gasteiger partial charge on any atom is 0.221 e. The van der Waals surface area contributed by atoms with E-state index in [4.69, 9.17) is 28.9 Å². The molecule has 19 heavy (non-hydrogen) atoms. The van der Waals surface area contributed by atoms with Gasteiger partial charge in [0.05, 0.1) is 22.2 Å². The minimum atomic E-state index is -0.389. The molecule has 2 aromatic carbocycles. The molecular weight excluding hydrogens is 283 g/mol. The summed E-state index contributed by atoms with van der Waals surface area (Å²) in [6.45, 7) is 0. The summed E-state index contributed by atoms with van der Waals surface area (Å²) in [5, 5.41) is 4.17. The van der Waals surface area contributed by atoms with Gasteiger partial charge in [-0.3, -0.25) is 4.79 Å². The van der Waals surface area contributed by atoms with Gasteiger partial charge in [-0.25, -0.2) is 0 Å². The number of benzene rings is 2. The quantitative estimate of drug-likeness (QED) is 0.902. The second-order valence-corrected chi connectivity index (χ2v) is 4.84. The highest BCUT2D eigenvalue weighted by molar-refractivity contribution is 6.39. The highest BCUT2D eigenvalue weighted by atomic mass is 35.5. The van der Waals surface area contributed by atoms with E-state index < -0.39 is 0 Å². The van der Waals surface area contributed by atoms with Crippen LogP contribution in [0, 0.1) is 0 Å². The smallest absolute Gasteiger partial charge is 0.221 e. The van der Waals surface area contributed by atoms with Crippen LogP contribution in [0.5, 0.6) is 0 Å². The lowest BCUT2D eigenvalue weighted by molar-refractivity contribution is -0.117. The Bertz CT molecular complexity index is 594. The highest BCUT2D eigenvalue weighted by Gasteiger charge is 2.09. The minimum Gasteiger partial charge on any atom is -0.369 e. The molecule has 0 atom stereocenters. The van der Waals surface area contributed by atoms with Crippen LogP contribution in [0.2, 0.25) is 10.0 Å². The maximum atomic E-state index is 11.0. The molecule has 3 N–H and O–H groups in total. The average molecular weight is 295 g/mol. The fourth-order valence-electron chi connectivity index (χ4n) is 1.74. The molecule has 0 aliphatic rings. The fraction of sp³-hybridized carbons (Fsp3) is 0.0714. The molecule has 5 heteroatoms. The van der Waals surface area contributed by atoms with E-state index in [1.54, 1.807) is 18.2 Å². The molecule has 98 valence electrons. The predicted octanol–water partition coefficient (Wildman–Crippen LogP) is 3.76. The number of para-hydroxylation sites is 2. The Hall–Kier alpha value is -1.71. The summed E-state index contributed by atoms with van der Waals surface area (Å²) < 4.78 is 0. The van der Waals surface area contributed by atoms with Crippen molar-refractivity contribution in [3.8, 4) is 0 Å². The average Bonchev–Trinajstić information content (AvgIpc) is 2.35. The Morgan fingerprint density at radius 2 is 1.68 bits per heavy atom. The molecule has 0 saturated heterocycles. The van der Waals surface area contributed by atoms with Crippen LogP contribution < -0.4 is 11.1 Å². The number of anilines is 2. The Morgan fingerprint density at radius 3 is 2.32 bits per heavy atom. The molecule has 3 nitrogen and oxygen atoms in total. The summed E-state index contributed by atoms with van der Waals surface area (Å²) in [7, 11) is 0. The van der Waals surface area contributed by atoms with Crippen LogP contribution in [0.25, 0.3) is 0 Å². The summed E-state index contributed by atoms with van der Waals surface area (Å²) in [6.07, 6.45) is 0.158. The number of halogens is 2. The van der Waals surface area contributed by atoms with Crippen LogP contribution in [-0.2, 0) is 11.2 Å². The number of carbonyl (C=O) groups excluding carboxylic acids is 1. The first-order chi connectivity index (χ1) is 9.08. The van der Waals surface area contributed by atoms with E-state index in [1.807, 2.05) is 24.3 Å². The van der Waals surface area contributed by atoms with Crippen molar-refractivity contribution < 1.29 is 4.79 Å². The van der Waals surface area contributed by atoms with Gasteiger partial charge < -0.3 is 11.1 Å². The van der Waals surface area contributed by atoms with Crippen LogP contribution >= 0.6 is 23.2 Å². The number of carbonyl (C=O) groups is 1. The van der Waals surface area contributed by atoms with Gasteiger partial charge in [0, 0.05) is 5.69 Å². The Kier molecular flexibility index (Phi) is 4.30. The van der Waals surface area contributed by atoms with Crippen molar-refractivity contribution in [1.82, 2.24) is 0 Å². The van der Waals surface area contributed by atoms with Gasteiger partial charge in [-0.2, -0.15) is 0 Å². The molecule has 0 aromatic heterocycles. The number of primary amides is 1. The molecule has 0 unspecified atom stereocenters. The highest BCUT2D eigenvalue weighted by Crippen LogP contribution is 2.33. The van der Waals surface area contributed by atoms with Crippen molar-refractivity contribution in [2.45, 2.75) is 6.42 Å². The van der Waals surface area contributed by atoms with Crippen LogP contribution in [0.4, 0.5) is 11.4 Å². The number of nitrogens with one attached hydrogen (secondary N) is 1. The zero-order chi connectivity index (χ0) is 13.8. The van der Waals surface area contributed by atoms with Gasteiger partial charge >= 0.3 is 0 Å². The third-order valence-electron chi connectivity index (χ3n) is 2.60. The van der Waals surface area contributed by atoms with Crippen LogP contribution in [0.1, 0.15) is 5.56 Å². The predicted molar refractivity (Wildman–Crippen MR) is 79.1 cm³/mol. The zero-order valence-corrected chi connectivity index (χ0v) is 11.5. The summed E-state index contributed by atoms with van der Waals surface area (Å²) in [5.41, 5.74) is 7.40. The number of nitrogens with two attached hydrogens (primary N) is 1. The lowest BCUT2D eigenvalue weighted by Gasteiger charge is -2.13. The second-order valence-electron chi connectivity index (χ2n) is 4.02. The van der Waals surface area contributed by atoms with Gasteiger partial charge in [-0.05, 0) is 23.8 Å². The standard InChI is InChI=1S/C14H12Cl2N2O/c15-10-5-3-6-11(16)14(10)18-12-7-2-1-4-9(12)8-13(17)19/h1-7,18H,8H2,(H2,17,19). The normalized spacial score (nSPS) is 10.2. The molecular formula is C14H12Cl2N2O. The molecule has 2 aromatic rings. The number of amides is 1. The van der Waals surface area contributed by atoms with E-state index in [-0.39, 0.29) is 12.3 Å². The molecule has 0 aliphatic heterocycles. The molecule has 1 amide bonds. The van der Waals surface area contributed by atoms with Gasteiger partial charge in [0.25, 0.3) is 0 Å². The van der Waals surface area contributed by atoms with Gasteiger partial charge in [-0.1, -0.05) is 47.5 Å². The SMILES string of the molecule is NC(=O)Cc1ccccc1Nc1c(Cl)cccc1Cl. The van der Waals surface area contributed by atoms with E-state index in [0.29, 0.717) is 15.7 Å². The van der Waals surface area contributed by atoms with Gasteiger partial charge in [0.15, 0.2) is 0 Å². The summed E-state index contributed by atoms with van der Waals surface area (Å²) in [5.74, 6) is -0.389. The molecule has 0 bridgehead atoms. The van der Waals surface area contributed by atoms with Crippen LogP contribution in [0.3, 0.4) is 0 Å². The molecule has 0 fully saturated rings.